The van der Waals surface area contributed by atoms with Crippen LogP contribution in [0.1, 0.15) is 25.2 Å². The first kappa shape index (κ1) is 14.4. The van der Waals surface area contributed by atoms with Gasteiger partial charge in [-0.1, -0.05) is 5.16 Å². The number of aliphatic hydroxyl groups is 1. The SMILES string of the molecule is CCOc1ccc(-c2noc(C)c2CO)cc1OCC. The van der Waals surface area contributed by atoms with Crippen LogP contribution < -0.4 is 9.47 Å². The minimum atomic E-state index is -0.109. The lowest BCUT2D eigenvalue weighted by Gasteiger charge is -2.12. The molecule has 0 bridgehead atoms. The molecule has 1 N–H and O–H groups in total. The van der Waals surface area contributed by atoms with Crippen molar-refractivity contribution < 1.29 is 19.1 Å². The van der Waals surface area contributed by atoms with Crippen molar-refractivity contribution in [1.82, 2.24) is 5.16 Å². The predicted molar refractivity (Wildman–Crippen MR) is 74.9 cm³/mol. The molecule has 0 fully saturated rings. The van der Waals surface area contributed by atoms with Crippen molar-refractivity contribution in [3.8, 4) is 22.8 Å². The fraction of sp³-hybridized carbons (Fsp3) is 0.400. The summed E-state index contributed by atoms with van der Waals surface area (Å²) in [6.07, 6.45) is 0. The number of rotatable bonds is 6. The maximum atomic E-state index is 9.41. The summed E-state index contributed by atoms with van der Waals surface area (Å²) in [6, 6.07) is 5.57. The Morgan fingerprint density at radius 2 is 1.85 bits per heavy atom. The predicted octanol–water partition coefficient (Wildman–Crippen LogP) is 2.94. The van der Waals surface area contributed by atoms with Crippen LogP contribution >= 0.6 is 0 Å². The van der Waals surface area contributed by atoms with Crippen molar-refractivity contribution >= 4 is 0 Å². The lowest BCUT2D eigenvalue weighted by atomic mass is 10.1. The van der Waals surface area contributed by atoms with E-state index in [0.717, 1.165) is 5.56 Å². The third-order valence-electron chi connectivity index (χ3n) is 2.96. The van der Waals surface area contributed by atoms with Crippen LogP contribution in [0.25, 0.3) is 11.3 Å². The fourth-order valence-corrected chi connectivity index (χ4v) is 2.00. The number of nitrogens with zero attached hydrogens (tertiary/aromatic N) is 1. The summed E-state index contributed by atoms with van der Waals surface area (Å²) in [5.41, 5.74) is 2.16. The minimum Gasteiger partial charge on any atom is -0.490 e. The highest BCUT2D eigenvalue weighted by Gasteiger charge is 2.16. The monoisotopic (exact) mass is 277 g/mol. The van der Waals surface area contributed by atoms with Gasteiger partial charge >= 0.3 is 0 Å². The summed E-state index contributed by atoms with van der Waals surface area (Å²) >= 11 is 0. The van der Waals surface area contributed by atoms with Gasteiger partial charge in [-0.15, -0.1) is 0 Å². The van der Waals surface area contributed by atoms with Crippen LogP contribution in [0, 0.1) is 6.92 Å². The van der Waals surface area contributed by atoms with E-state index in [0.29, 0.717) is 41.7 Å². The van der Waals surface area contributed by atoms with Gasteiger partial charge in [-0.25, -0.2) is 0 Å². The van der Waals surface area contributed by atoms with Crippen molar-refractivity contribution in [3.05, 3.63) is 29.5 Å². The molecule has 108 valence electrons. The van der Waals surface area contributed by atoms with Crippen molar-refractivity contribution in [3.63, 3.8) is 0 Å². The molecule has 0 saturated carbocycles. The number of benzene rings is 1. The molecular weight excluding hydrogens is 258 g/mol. The van der Waals surface area contributed by atoms with Crippen molar-refractivity contribution in [2.24, 2.45) is 0 Å². The molecule has 0 aliphatic rings. The van der Waals surface area contributed by atoms with Gasteiger partial charge in [-0.2, -0.15) is 0 Å². The van der Waals surface area contributed by atoms with E-state index in [1.165, 1.54) is 0 Å². The maximum absolute atomic E-state index is 9.41. The number of hydrogen-bond donors (Lipinski definition) is 1. The van der Waals surface area contributed by atoms with E-state index >= 15 is 0 Å². The molecule has 2 aromatic rings. The lowest BCUT2D eigenvalue weighted by Crippen LogP contribution is -1.99. The third-order valence-corrected chi connectivity index (χ3v) is 2.96. The summed E-state index contributed by atoms with van der Waals surface area (Å²) < 4.78 is 16.2. The van der Waals surface area contributed by atoms with Crippen LogP contribution in [-0.2, 0) is 6.61 Å². The lowest BCUT2D eigenvalue weighted by molar-refractivity contribution is 0.278. The Bertz CT molecular complexity index is 577. The summed E-state index contributed by atoms with van der Waals surface area (Å²) in [6.45, 7) is 6.64. The quantitative estimate of drug-likeness (QED) is 0.879. The van der Waals surface area contributed by atoms with Crippen LogP contribution in [0.2, 0.25) is 0 Å². The largest absolute Gasteiger partial charge is 0.490 e. The van der Waals surface area contributed by atoms with E-state index in [1.807, 2.05) is 32.0 Å². The van der Waals surface area contributed by atoms with Gasteiger partial charge in [0.2, 0.25) is 0 Å². The zero-order chi connectivity index (χ0) is 14.5. The Labute approximate surface area is 118 Å². The van der Waals surface area contributed by atoms with E-state index in [9.17, 15) is 5.11 Å². The van der Waals surface area contributed by atoms with Gasteiger partial charge in [0.15, 0.2) is 11.5 Å². The molecule has 0 saturated heterocycles. The Kier molecular flexibility index (Phi) is 4.63. The number of aromatic nitrogens is 1. The van der Waals surface area contributed by atoms with Crippen LogP contribution in [0.3, 0.4) is 0 Å². The topological polar surface area (TPSA) is 64.7 Å². The average Bonchev–Trinajstić information content (AvgIpc) is 2.82. The first-order valence-corrected chi connectivity index (χ1v) is 6.67. The first-order valence-electron chi connectivity index (χ1n) is 6.67. The van der Waals surface area contributed by atoms with E-state index in [4.69, 9.17) is 14.0 Å². The number of aliphatic hydroxyl groups excluding tert-OH is 1. The zero-order valence-electron chi connectivity index (χ0n) is 12.0. The molecular formula is C15H19NO4. The van der Waals surface area contributed by atoms with Gasteiger partial charge in [0.25, 0.3) is 0 Å². The van der Waals surface area contributed by atoms with Crippen molar-refractivity contribution in [2.45, 2.75) is 27.4 Å². The molecule has 2 rings (SSSR count). The summed E-state index contributed by atoms with van der Waals surface area (Å²) in [4.78, 5) is 0. The molecule has 0 aliphatic carbocycles. The smallest absolute Gasteiger partial charge is 0.161 e. The maximum Gasteiger partial charge on any atom is 0.161 e. The van der Waals surface area contributed by atoms with Gasteiger partial charge in [-0.05, 0) is 39.0 Å². The van der Waals surface area contributed by atoms with E-state index < -0.39 is 0 Å². The molecule has 5 nitrogen and oxygen atoms in total. The van der Waals surface area contributed by atoms with Gasteiger partial charge in [0.1, 0.15) is 11.5 Å². The fourth-order valence-electron chi connectivity index (χ4n) is 2.00. The highest BCUT2D eigenvalue weighted by Crippen LogP contribution is 2.34. The molecule has 0 atom stereocenters. The van der Waals surface area contributed by atoms with Gasteiger partial charge in [0.05, 0.1) is 19.8 Å². The molecule has 0 spiro atoms. The molecule has 0 unspecified atom stereocenters. The van der Waals surface area contributed by atoms with Gasteiger partial charge in [-0.3, -0.25) is 0 Å². The highest BCUT2D eigenvalue weighted by molar-refractivity contribution is 5.67. The van der Waals surface area contributed by atoms with Crippen LogP contribution in [0.15, 0.2) is 22.7 Å². The molecule has 0 radical (unpaired) electrons. The molecule has 0 aliphatic heterocycles. The molecule has 1 aromatic carbocycles. The molecule has 1 aromatic heterocycles. The number of ether oxygens (including phenoxy) is 2. The number of aryl methyl sites for hydroxylation is 1. The summed E-state index contributed by atoms with van der Waals surface area (Å²) in [7, 11) is 0. The number of hydrogen-bond acceptors (Lipinski definition) is 5. The highest BCUT2D eigenvalue weighted by atomic mass is 16.5. The molecule has 1 heterocycles. The second kappa shape index (κ2) is 6.43. The molecule has 20 heavy (non-hydrogen) atoms. The Morgan fingerprint density at radius 1 is 1.15 bits per heavy atom. The van der Waals surface area contributed by atoms with Gasteiger partial charge in [0, 0.05) is 11.1 Å². The average molecular weight is 277 g/mol. The van der Waals surface area contributed by atoms with Crippen molar-refractivity contribution in [2.75, 3.05) is 13.2 Å². The Hall–Kier alpha value is -2.01. The van der Waals surface area contributed by atoms with E-state index in [2.05, 4.69) is 5.16 Å². The Morgan fingerprint density at radius 3 is 2.50 bits per heavy atom. The second-order valence-corrected chi connectivity index (χ2v) is 4.25. The molecule has 0 amide bonds. The van der Waals surface area contributed by atoms with Gasteiger partial charge < -0.3 is 19.1 Å². The second-order valence-electron chi connectivity index (χ2n) is 4.25. The third kappa shape index (κ3) is 2.77. The van der Waals surface area contributed by atoms with Crippen molar-refractivity contribution in [1.29, 1.82) is 0 Å². The van der Waals surface area contributed by atoms with Crippen LogP contribution in [0.4, 0.5) is 0 Å². The summed E-state index contributed by atoms with van der Waals surface area (Å²) in [5.74, 6) is 1.98. The zero-order valence-corrected chi connectivity index (χ0v) is 12.0. The summed E-state index contributed by atoms with van der Waals surface area (Å²) in [5, 5.41) is 13.4. The normalized spacial score (nSPS) is 10.6. The van der Waals surface area contributed by atoms with Crippen LogP contribution in [-0.4, -0.2) is 23.5 Å². The van der Waals surface area contributed by atoms with Crippen LogP contribution in [0.5, 0.6) is 11.5 Å². The minimum absolute atomic E-state index is 0.109. The first-order chi connectivity index (χ1) is 9.71. The Balaban J connectivity index is 2.44. The van der Waals surface area contributed by atoms with E-state index in [1.54, 1.807) is 6.92 Å². The van der Waals surface area contributed by atoms with E-state index in [-0.39, 0.29) is 6.61 Å². The molecule has 5 heteroatoms. The standard InChI is InChI=1S/C15H19NO4/c1-4-18-13-7-6-11(8-14(13)19-5-2)15-12(9-17)10(3)20-16-15/h6-8,17H,4-5,9H2,1-3H3.